The van der Waals surface area contributed by atoms with E-state index in [2.05, 4.69) is 5.32 Å². The standard InChI is InChI=1S/C20H20N2O3S2/c1-5-25-20(24)18-12(3)17-11(2)10-16(22-19(17)27-18)26-15-8-6-14(7-9-15)21-13(4)23/h6-10H,5H2,1-4H3,(H,21,23). The van der Waals surface area contributed by atoms with Crippen molar-refractivity contribution in [1.29, 1.82) is 0 Å². The number of hydrogen-bond donors (Lipinski definition) is 1. The smallest absolute Gasteiger partial charge is 0.348 e. The topological polar surface area (TPSA) is 68.3 Å². The summed E-state index contributed by atoms with van der Waals surface area (Å²) in [5.41, 5.74) is 2.77. The molecule has 0 atom stereocenters. The lowest BCUT2D eigenvalue weighted by atomic mass is 10.1. The van der Waals surface area contributed by atoms with Gasteiger partial charge in [-0.1, -0.05) is 11.8 Å². The first-order valence-electron chi connectivity index (χ1n) is 8.52. The molecule has 3 aromatic rings. The minimum Gasteiger partial charge on any atom is -0.462 e. The average Bonchev–Trinajstić information content (AvgIpc) is 2.93. The van der Waals surface area contributed by atoms with E-state index in [9.17, 15) is 9.59 Å². The van der Waals surface area contributed by atoms with Gasteiger partial charge in [-0.2, -0.15) is 0 Å². The predicted octanol–water partition coefficient (Wildman–Crippen LogP) is 5.20. The Morgan fingerprint density at radius 3 is 2.56 bits per heavy atom. The summed E-state index contributed by atoms with van der Waals surface area (Å²) in [6.45, 7) is 7.61. The molecule has 0 unspecified atom stereocenters. The zero-order valence-electron chi connectivity index (χ0n) is 15.6. The number of carbonyl (C=O) groups is 2. The van der Waals surface area contributed by atoms with Crippen LogP contribution in [-0.2, 0) is 9.53 Å². The first-order valence-corrected chi connectivity index (χ1v) is 10.2. The number of benzene rings is 1. The molecule has 0 aliphatic heterocycles. The van der Waals surface area contributed by atoms with Crippen LogP contribution in [-0.4, -0.2) is 23.5 Å². The summed E-state index contributed by atoms with van der Waals surface area (Å²) in [6, 6.07) is 9.65. The van der Waals surface area contributed by atoms with Gasteiger partial charge in [0, 0.05) is 22.9 Å². The van der Waals surface area contributed by atoms with E-state index in [4.69, 9.17) is 9.72 Å². The number of aryl methyl sites for hydroxylation is 2. The highest BCUT2D eigenvalue weighted by Crippen LogP contribution is 2.36. The number of hydrogen-bond acceptors (Lipinski definition) is 6. The van der Waals surface area contributed by atoms with Gasteiger partial charge in [0.25, 0.3) is 0 Å². The van der Waals surface area contributed by atoms with Gasteiger partial charge >= 0.3 is 5.97 Å². The number of esters is 1. The molecule has 0 bridgehead atoms. The number of pyridine rings is 1. The molecule has 2 aromatic heterocycles. The Morgan fingerprint density at radius 1 is 1.22 bits per heavy atom. The Labute approximate surface area is 166 Å². The summed E-state index contributed by atoms with van der Waals surface area (Å²) in [4.78, 5) is 30.5. The van der Waals surface area contributed by atoms with Crippen molar-refractivity contribution in [2.45, 2.75) is 37.6 Å². The first-order chi connectivity index (χ1) is 12.9. The van der Waals surface area contributed by atoms with E-state index in [0.717, 1.165) is 37.0 Å². The summed E-state index contributed by atoms with van der Waals surface area (Å²) in [6.07, 6.45) is 0. The van der Waals surface area contributed by atoms with Crippen molar-refractivity contribution >= 4 is 50.9 Å². The third-order valence-electron chi connectivity index (χ3n) is 3.93. The SMILES string of the molecule is CCOC(=O)c1sc2nc(Sc3ccc(NC(C)=O)cc3)cc(C)c2c1C. The van der Waals surface area contributed by atoms with Crippen molar-refractivity contribution in [3.63, 3.8) is 0 Å². The van der Waals surface area contributed by atoms with E-state index in [1.807, 2.05) is 44.2 Å². The second kappa shape index (κ2) is 8.10. The van der Waals surface area contributed by atoms with E-state index < -0.39 is 0 Å². The lowest BCUT2D eigenvalue weighted by Gasteiger charge is -2.06. The number of fused-ring (bicyclic) bond motifs is 1. The molecule has 0 fully saturated rings. The van der Waals surface area contributed by atoms with Crippen molar-refractivity contribution in [2.75, 3.05) is 11.9 Å². The predicted molar refractivity (Wildman–Crippen MR) is 110 cm³/mol. The number of aromatic nitrogens is 1. The minimum atomic E-state index is -0.292. The Kier molecular flexibility index (Phi) is 5.82. The average molecular weight is 401 g/mol. The largest absolute Gasteiger partial charge is 0.462 e. The monoisotopic (exact) mass is 400 g/mol. The van der Waals surface area contributed by atoms with Crippen molar-refractivity contribution in [2.24, 2.45) is 0 Å². The first kappa shape index (κ1) is 19.4. The maximum Gasteiger partial charge on any atom is 0.348 e. The summed E-state index contributed by atoms with van der Waals surface area (Å²) in [5, 5.41) is 4.64. The maximum atomic E-state index is 12.2. The molecule has 0 spiro atoms. The summed E-state index contributed by atoms with van der Waals surface area (Å²) in [5.74, 6) is -0.385. The van der Waals surface area contributed by atoms with Crippen LogP contribution in [0.15, 0.2) is 40.3 Å². The molecule has 2 heterocycles. The van der Waals surface area contributed by atoms with Crippen LogP contribution in [0.1, 0.15) is 34.6 Å². The number of amides is 1. The van der Waals surface area contributed by atoms with Crippen LogP contribution in [0, 0.1) is 13.8 Å². The van der Waals surface area contributed by atoms with Crippen LogP contribution < -0.4 is 5.32 Å². The zero-order valence-corrected chi connectivity index (χ0v) is 17.2. The van der Waals surface area contributed by atoms with E-state index in [1.165, 1.54) is 18.3 Å². The molecule has 0 aliphatic rings. The van der Waals surface area contributed by atoms with Crippen LogP contribution in [0.3, 0.4) is 0 Å². The van der Waals surface area contributed by atoms with Crippen LogP contribution in [0.2, 0.25) is 0 Å². The summed E-state index contributed by atoms with van der Waals surface area (Å²) >= 11 is 2.92. The van der Waals surface area contributed by atoms with Crippen molar-refractivity contribution in [3.8, 4) is 0 Å². The third-order valence-corrected chi connectivity index (χ3v) is 6.02. The normalized spacial score (nSPS) is 10.8. The third kappa shape index (κ3) is 4.31. The van der Waals surface area contributed by atoms with Crippen LogP contribution in [0.5, 0.6) is 0 Å². The van der Waals surface area contributed by atoms with E-state index in [0.29, 0.717) is 11.5 Å². The number of nitrogens with one attached hydrogen (secondary N) is 1. The highest BCUT2D eigenvalue weighted by Gasteiger charge is 2.19. The minimum absolute atomic E-state index is 0.0939. The molecule has 27 heavy (non-hydrogen) atoms. The van der Waals surface area contributed by atoms with Crippen molar-refractivity contribution < 1.29 is 14.3 Å². The number of nitrogens with zero attached hydrogens (tertiary/aromatic N) is 1. The number of rotatable bonds is 5. The zero-order chi connectivity index (χ0) is 19.6. The molecule has 0 saturated carbocycles. The molecule has 1 aromatic carbocycles. The summed E-state index contributed by atoms with van der Waals surface area (Å²) < 4.78 is 5.15. The fraction of sp³-hybridized carbons (Fsp3) is 0.250. The highest BCUT2D eigenvalue weighted by atomic mass is 32.2. The highest BCUT2D eigenvalue weighted by molar-refractivity contribution is 7.99. The van der Waals surface area contributed by atoms with Gasteiger partial charge in [0.15, 0.2) is 0 Å². The van der Waals surface area contributed by atoms with Gasteiger partial charge in [0.2, 0.25) is 5.91 Å². The van der Waals surface area contributed by atoms with Crippen molar-refractivity contribution in [1.82, 2.24) is 4.98 Å². The maximum absolute atomic E-state index is 12.2. The second-order valence-corrected chi connectivity index (χ2v) is 8.13. The Hall–Kier alpha value is -2.38. The molecule has 7 heteroatoms. The van der Waals surface area contributed by atoms with E-state index in [-0.39, 0.29) is 11.9 Å². The molecular weight excluding hydrogens is 380 g/mol. The molecule has 0 aliphatic carbocycles. The van der Waals surface area contributed by atoms with Gasteiger partial charge in [-0.05, 0) is 62.2 Å². The molecule has 1 amide bonds. The number of thiophene rings is 1. The molecule has 0 saturated heterocycles. The Morgan fingerprint density at radius 2 is 1.93 bits per heavy atom. The van der Waals surface area contributed by atoms with E-state index >= 15 is 0 Å². The molecular formula is C20H20N2O3S2. The molecule has 5 nitrogen and oxygen atoms in total. The van der Waals surface area contributed by atoms with Gasteiger partial charge in [-0.15, -0.1) is 11.3 Å². The summed E-state index contributed by atoms with van der Waals surface area (Å²) in [7, 11) is 0. The quantitative estimate of drug-likeness (QED) is 0.596. The van der Waals surface area contributed by atoms with Gasteiger partial charge in [-0.25, -0.2) is 9.78 Å². The van der Waals surface area contributed by atoms with Gasteiger partial charge < -0.3 is 10.1 Å². The number of ether oxygens (including phenoxy) is 1. The fourth-order valence-electron chi connectivity index (χ4n) is 2.81. The van der Waals surface area contributed by atoms with Crippen LogP contribution in [0.4, 0.5) is 5.69 Å². The van der Waals surface area contributed by atoms with E-state index in [1.54, 1.807) is 18.7 Å². The molecule has 0 radical (unpaired) electrons. The molecule has 1 N–H and O–H groups in total. The fourth-order valence-corrected chi connectivity index (χ4v) is 4.90. The second-order valence-electron chi connectivity index (χ2n) is 6.04. The van der Waals surface area contributed by atoms with Gasteiger partial charge in [0.05, 0.1) is 6.61 Å². The van der Waals surface area contributed by atoms with Gasteiger partial charge in [0.1, 0.15) is 14.7 Å². The lowest BCUT2D eigenvalue weighted by Crippen LogP contribution is -2.05. The van der Waals surface area contributed by atoms with Crippen LogP contribution >= 0.6 is 23.1 Å². The van der Waals surface area contributed by atoms with Crippen LogP contribution in [0.25, 0.3) is 10.2 Å². The molecule has 3 rings (SSSR count). The Balaban J connectivity index is 1.89. The van der Waals surface area contributed by atoms with Gasteiger partial charge in [-0.3, -0.25) is 4.79 Å². The lowest BCUT2D eigenvalue weighted by molar-refractivity contribution is -0.114. The van der Waals surface area contributed by atoms with Crippen molar-refractivity contribution in [3.05, 3.63) is 46.3 Å². The number of anilines is 1. The Bertz CT molecular complexity index is 1010. The molecule has 140 valence electrons. The number of carbonyl (C=O) groups excluding carboxylic acids is 2.